The van der Waals surface area contributed by atoms with Crippen molar-refractivity contribution in [3.63, 3.8) is 0 Å². The van der Waals surface area contributed by atoms with Gasteiger partial charge in [-0.25, -0.2) is 0 Å². The average Bonchev–Trinajstić information content (AvgIpc) is 2.90. The van der Waals surface area contributed by atoms with Gasteiger partial charge in [0.2, 0.25) is 0 Å². The maximum absolute atomic E-state index is 12.2. The van der Waals surface area contributed by atoms with E-state index in [2.05, 4.69) is 0 Å². The van der Waals surface area contributed by atoms with Crippen LogP contribution in [0.15, 0.2) is 0 Å². The summed E-state index contributed by atoms with van der Waals surface area (Å²) in [5, 5.41) is 0. The molecule has 0 unspecified atom stereocenters. The van der Waals surface area contributed by atoms with Crippen molar-refractivity contribution in [1.29, 1.82) is 0 Å². The Bertz CT molecular complexity index is 1110. The Morgan fingerprint density at radius 1 is 0.444 bits per heavy atom. The molecule has 2 fully saturated rings. The molecular weight excluding hydrogens is 612 g/mol. The summed E-state index contributed by atoms with van der Waals surface area (Å²) in [7, 11) is 1.20. The Kier molecular flexibility index (Phi) is 14.1. The van der Waals surface area contributed by atoms with Crippen LogP contribution in [0.3, 0.4) is 0 Å². The summed E-state index contributed by atoms with van der Waals surface area (Å²) in [6, 6.07) is 0. The molecule has 0 aromatic carbocycles. The van der Waals surface area contributed by atoms with Crippen molar-refractivity contribution in [2.75, 3.05) is 20.3 Å². The predicted molar refractivity (Wildman–Crippen MR) is 140 cm³/mol. The highest BCUT2D eigenvalue weighted by Crippen LogP contribution is 2.35. The predicted octanol–water partition coefficient (Wildman–Crippen LogP) is -0.747. The van der Waals surface area contributed by atoms with Crippen LogP contribution in [0.5, 0.6) is 0 Å². The minimum absolute atomic E-state index is 0.448. The van der Waals surface area contributed by atoms with Crippen LogP contribution in [-0.4, -0.2) is 124 Å². The third-order valence-electron chi connectivity index (χ3n) is 6.12. The third kappa shape index (κ3) is 11.2. The van der Waals surface area contributed by atoms with Gasteiger partial charge >= 0.3 is 41.8 Å². The molecule has 0 N–H and O–H groups in total. The largest absolute Gasteiger partial charge is 0.463 e. The molecule has 45 heavy (non-hydrogen) atoms. The molecular formula is C27H38O18. The second-order valence-electron chi connectivity index (χ2n) is 9.90. The van der Waals surface area contributed by atoms with Crippen LogP contribution in [0.2, 0.25) is 0 Å². The lowest BCUT2D eigenvalue weighted by molar-refractivity contribution is -0.366. The normalized spacial score (nSPS) is 31.0. The van der Waals surface area contributed by atoms with E-state index in [0.717, 1.165) is 48.5 Å². The molecule has 2 heterocycles. The number of esters is 7. The first-order valence-electron chi connectivity index (χ1n) is 13.7. The summed E-state index contributed by atoms with van der Waals surface area (Å²) in [6.45, 7) is 6.53. The van der Waals surface area contributed by atoms with Gasteiger partial charge in [-0.3, -0.25) is 33.6 Å². The standard InChI is InChI=1S/C27H38O18/c1-11(28)36-9-18-20(38-13(3)30)22(40-15(5)32)24(26(35-8)43-18)45-27-25(42-17(7)34)23(41-16(6)33)21(39-14(4)31)19(44-27)10-37-12(2)29/h18-27H,9-10H2,1-8H3/t18-,19+,20+,21+,22-,23-,24+,25+,26-,27-/m0/s1. The van der Waals surface area contributed by atoms with E-state index in [1.807, 2.05) is 0 Å². The van der Waals surface area contributed by atoms with E-state index >= 15 is 0 Å². The molecule has 2 aliphatic rings. The van der Waals surface area contributed by atoms with Crippen LogP contribution in [0, 0.1) is 0 Å². The maximum Gasteiger partial charge on any atom is 0.303 e. The van der Waals surface area contributed by atoms with Crippen LogP contribution in [0.1, 0.15) is 48.5 Å². The van der Waals surface area contributed by atoms with Crippen molar-refractivity contribution in [2.24, 2.45) is 0 Å². The number of carbonyl (C=O) groups is 7. The van der Waals surface area contributed by atoms with E-state index in [4.69, 9.17) is 52.1 Å². The van der Waals surface area contributed by atoms with E-state index < -0.39 is 116 Å². The van der Waals surface area contributed by atoms with Crippen molar-refractivity contribution in [2.45, 2.75) is 110 Å². The zero-order chi connectivity index (χ0) is 34.0. The van der Waals surface area contributed by atoms with Crippen LogP contribution >= 0.6 is 0 Å². The highest BCUT2D eigenvalue weighted by Gasteiger charge is 2.57. The molecule has 0 spiro atoms. The lowest BCUT2D eigenvalue weighted by atomic mass is 9.96. The van der Waals surface area contributed by atoms with E-state index in [9.17, 15) is 33.6 Å². The van der Waals surface area contributed by atoms with Crippen molar-refractivity contribution < 1.29 is 85.7 Å². The fourth-order valence-corrected chi connectivity index (χ4v) is 4.66. The second-order valence-corrected chi connectivity index (χ2v) is 9.90. The number of hydrogen-bond acceptors (Lipinski definition) is 18. The van der Waals surface area contributed by atoms with Crippen LogP contribution in [0.4, 0.5) is 0 Å². The van der Waals surface area contributed by atoms with Gasteiger partial charge in [-0.05, 0) is 0 Å². The van der Waals surface area contributed by atoms with Gasteiger partial charge in [0.25, 0.3) is 0 Å². The Morgan fingerprint density at radius 2 is 0.778 bits per heavy atom. The molecule has 2 rings (SSSR count). The zero-order valence-electron chi connectivity index (χ0n) is 26.0. The fourth-order valence-electron chi connectivity index (χ4n) is 4.66. The van der Waals surface area contributed by atoms with E-state index in [1.165, 1.54) is 7.11 Å². The molecule has 0 saturated carbocycles. The van der Waals surface area contributed by atoms with Crippen molar-refractivity contribution >= 4 is 41.8 Å². The Morgan fingerprint density at radius 3 is 1.13 bits per heavy atom. The maximum atomic E-state index is 12.2. The molecule has 2 aliphatic heterocycles. The lowest BCUT2D eigenvalue weighted by Gasteiger charge is -2.48. The number of hydrogen-bond donors (Lipinski definition) is 0. The summed E-state index contributed by atoms with van der Waals surface area (Å²) in [4.78, 5) is 83.8. The SMILES string of the molecule is CO[C@H]1O[C@@H](COC(C)=O)[C@@H](OC(C)=O)[C@H](OC(C)=O)[C@H]1O[C@@H]1O[C@H](COC(C)=O)[C@@H](OC(C)=O)[C@H](OC(C)=O)[C@H]1OC(C)=O. The summed E-state index contributed by atoms with van der Waals surface area (Å²) in [6.07, 6.45) is -14.9. The van der Waals surface area contributed by atoms with Gasteiger partial charge < -0.3 is 52.1 Å². The van der Waals surface area contributed by atoms with Gasteiger partial charge in [-0.2, -0.15) is 0 Å². The molecule has 0 radical (unpaired) electrons. The van der Waals surface area contributed by atoms with Crippen LogP contribution in [-0.2, 0) is 85.7 Å². The molecule has 18 heteroatoms. The Labute approximate surface area is 258 Å². The zero-order valence-corrected chi connectivity index (χ0v) is 26.0. The number of ether oxygens (including phenoxy) is 11. The average molecular weight is 651 g/mol. The number of methoxy groups -OCH3 is 1. The molecule has 254 valence electrons. The van der Waals surface area contributed by atoms with Crippen LogP contribution < -0.4 is 0 Å². The monoisotopic (exact) mass is 650 g/mol. The molecule has 2 saturated heterocycles. The van der Waals surface area contributed by atoms with Crippen molar-refractivity contribution in [1.82, 2.24) is 0 Å². The Hall–Kier alpha value is -3.87. The molecule has 0 aromatic heterocycles. The van der Waals surface area contributed by atoms with Crippen molar-refractivity contribution in [3.8, 4) is 0 Å². The topological polar surface area (TPSA) is 221 Å². The quantitative estimate of drug-likeness (QED) is 0.187. The second kappa shape index (κ2) is 17.0. The highest BCUT2D eigenvalue weighted by molar-refractivity contribution is 5.69. The molecule has 0 aromatic rings. The molecule has 0 bridgehead atoms. The lowest BCUT2D eigenvalue weighted by Crippen LogP contribution is -2.67. The van der Waals surface area contributed by atoms with Gasteiger partial charge in [0.1, 0.15) is 25.4 Å². The number of rotatable bonds is 12. The molecule has 0 amide bonds. The number of carbonyl (C=O) groups excluding carboxylic acids is 7. The molecule has 0 aliphatic carbocycles. The first-order chi connectivity index (χ1) is 21.0. The van der Waals surface area contributed by atoms with Crippen molar-refractivity contribution in [3.05, 3.63) is 0 Å². The van der Waals surface area contributed by atoms with Gasteiger partial charge in [-0.15, -0.1) is 0 Å². The van der Waals surface area contributed by atoms with Gasteiger partial charge in [0, 0.05) is 55.6 Å². The minimum Gasteiger partial charge on any atom is -0.463 e. The summed E-state index contributed by atoms with van der Waals surface area (Å²) < 4.78 is 60.6. The Balaban J connectivity index is 2.64. The fraction of sp³-hybridized carbons (Fsp3) is 0.741. The summed E-state index contributed by atoms with van der Waals surface area (Å²) in [5.41, 5.74) is 0. The van der Waals surface area contributed by atoms with E-state index in [-0.39, 0.29) is 0 Å². The van der Waals surface area contributed by atoms with Gasteiger partial charge in [-0.1, -0.05) is 0 Å². The minimum atomic E-state index is -1.74. The van der Waals surface area contributed by atoms with Gasteiger partial charge in [0.15, 0.2) is 49.2 Å². The highest BCUT2D eigenvalue weighted by atomic mass is 16.8. The molecule has 10 atom stereocenters. The molecule has 18 nitrogen and oxygen atoms in total. The third-order valence-corrected chi connectivity index (χ3v) is 6.12. The summed E-state index contributed by atoms with van der Waals surface area (Å²) >= 11 is 0. The first kappa shape index (κ1) is 37.3. The van der Waals surface area contributed by atoms with E-state index in [0.29, 0.717) is 0 Å². The smallest absolute Gasteiger partial charge is 0.303 e. The summed E-state index contributed by atoms with van der Waals surface area (Å²) in [5.74, 6) is -5.71. The van der Waals surface area contributed by atoms with Crippen LogP contribution in [0.25, 0.3) is 0 Å². The first-order valence-corrected chi connectivity index (χ1v) is 13.7. The van der Waals surface area contributed by atoms with Gasteiger partial charge in [0.05, 0.1) is 0 Å². The van der Waals surface area contributed by atoms with E-state index in [1.54, 1.807) is 0 Å².